The average Bonchev–Trinajstić information content (AvgIpc) is 3.39. The van der Waals surface area contributed by atoms with Gasteiger partial charge in [-0.05, 0) is 18.2 Å². The first-order valence-electron chi connectivity index (χ1n) is 8.16. The van der Waals surface area contributed by atoms with Crippen LogP contribution in [-0.2, 0) is 6.42 Å². The average molecular weight is 392 g/mol. The van der Waals surface area contributed by atoms with E-state index in [9.17, 15) is 8.78 Å². The van der Waals surface area contributed by atoms with Crippen LogP contribution >= 0.6 is 11.6 Å². The second-order valence-electron chi connectivity index (χ2n) is 6.09. The predicted molar refractivity (Wildman–Crippen MR) is 90.9 cm³/mol. The molecule has 1 aliphatic heterocycles. The number of anilines is 1. The Labute approximate surface area is 155 Å². The highest BCUT2D eigenvalue weighted by Gasteiger charge is 2.36. The van der Waals surface area contributed by atoms with Gasteiger partial charge in [0.1, 0.15) is 6.04 Å². The third kappa shape index (κ3) is 2.55. The number of nitrogens with zero attached hydrogens (tertiary/aromatic N) is 6. The number of H-pyrrole nitrogens is 1. The first kappa shape index (κ1) is 16.2. The van der Waals surface area contributed by atoms with Gasteiger partial charge in [0, 0.05) is 24.9 Å². The van der Waals surface area contributed by atoms with Gasteiger partial charge in [0.25, 0.3) is 5.89 Å². The molecule has 0 bridgehead atoms. The van der Waals surface area contributed by atoms with Crippen LogP contribution in [0.5, 0.6) is 0 Å². The molecular formula is C16H12ClF2N7O. The smallest absolute Gasteiger partial charge is 0.319 e. The van der Waals surface area contributed by atoms with Crippen LogP contribution in [-0.4, -0.2) is 36.3 Å². The van der Waals surface area contributed by atoms with Gasteiger partial charge in [-0.15, -0.1) is 5.10 Å². The highest BCUT2D eigenvalue weighted by molar-refractivity contribution is 6.33. The van der Waals surface area contributed by atoms with E-state index < -0.39 is 18.4 Å². The van der Waals surface area contributed by atoms with E-state index >= 15 is 0 Å². The largest absolute Gasteiger partial charge is 0.402 e. The SMILES string of the molecule is FC(F)c1nnc(N2CCc3[nH]cnc3C2c2cc3c(Cl)cccn3n2)o1. The molecule has 1 unspecified atom stereocenters. The van der Waals surface area contributed by atoms with Crippen molar-refractivity contribution in [2.24, 2.45) is 0 Å². The zero-order chi connectivity index (χ0) is 18.5. The maximum Gasteiger partial charge on any atom is 0.319 e. The van der Waals surface area contributed by atoms with Gasteiger partial charge >= 0.3 is 12.4 Å². The highest BCUT2D eigenvalue weighted by atomic mass is 35.5. The van der Waals surface area contributed by atoms with E-state index in [1.54, 1.807) is 34.1 Å². The molecule has 1 N–H and O–H groups in total. The summed E-state index contributed by atoms with van der Waals surface area (Å²) in [6, 6.07) is 4.94. The fourth-order valence-corrected chi connectivity index (χ4v) is 3.56. The van der Waals surface area contributed by atoms with E-state index in [0.717, 1.165) is 16.9 Å². The number of nitrogens with one attached hydrogen (secondary N) is 1. The van der Waals surface area contributed by atoms with Gasteiger partial charge in [-0.3, -0.25) is 0 Å². The van der Waals surface area contributed by atoms with E-state index in [-0.39, 0.29) is 6.01 Å². The van der Waals surface area contributed by atoms with Gasteiger partial charge in [-0.2, -0.15) is 13.9 Å². The lowest BCUT2D eigenvalue weighted by molar-refractivity contribution is 0.115. The van der Waals surface area contributed by atoms with Crippen molar-refractivity contribution < 1.29 is 13.2 Å². The molecule has 1 aliphatic rings. The van der Waals surface area contributed by atoms with Crippen LogP contribution in [0, 0.1) is 0 Å². The summed E-state index contributed by atoms with van der Waals surface area (Å²) in [5.41, 5.74) is 3.06. The summed E-state index contributed by atoms with van der Waals surface area (Å²) in [6.07, 6.45) is 1.18. The highest BCUT2D eigenvalue weighted by Crippen LogP contribution is 2.37. The Bertz CT molecular complexity index is 1120. The van der Waals surface area contributed by atoms with E-state index in [1.807, 2.05) is 6.07 Å². The molecule has 4 aromatic heterocycles. The number of rotatable bonds is 3. The first-order chi connectivity index (χ1) is 13.1. The van der Waals surface area contributed by atoms with Crippen LogP contribution in [0.4, 0.5) is 14.8 Å². The molecule has 5 heterocycles. The fourth-order valence-electron chi connectivity index (χ4n) is 3.35. The van der Waals surface area contributed by atoms with Crippen molar-refractivity contribution in [3.8, 4) is 0 Å². The predicted octanol–water partition coefficient (Wildman–Crippen LogP) is 3.18. The molecule has 11 heteroatoms. The molecule has 138 valence electrons. The molecule has 0 saturated heterocycles. The zero-order valence-electron chi connectivity index (χ0n) is 13.7. The van der Waals surface area contributed by atoms with Crippen LogP contribution < -0.4 is 4.90 Å². The van der Waals surface area contributed by atoms with Crippen LogP contribution in [0.3, 0.4) is 0 Å². The maximum absolute atomic E-state index is 12.9. The van der Waals surface area contributed by atoms with E-state index in [4.69, 9.17) is 16.0 Å². The molecule has 27 heavy (non-hydrogen) atoms. The van der Waals surface area contributed by atoms with Crippen LogP contribution in [0.1, 0.15) is 35.4 Å². The number of pyridine rings is 1. The van der Waals surface area contributed by atoms with Crippen LogP contribution in [0.25, 0.3) is 5.52 Å². The van der Waals surface area contributed by atoms with Crippen molar-refractivity contribution in [3.63, 3.8) is 0 Å². The third-order valence-corrected chi connectivity index (χ3v) is 4.86. The second-order valence-corrected chi connectivity index (χ2v) is 6.50. The standard InChI is InChI=1S/C16H12ClF2N7O/c17-8-2-1-4-26-11(8)6-10(24-26)13-12-9(20-7-21-12)3-5-25(13)16-23-22-15(27-16)14(18)19/h1-2,4,6-7,13-14H,3,5H2,(H,20,21). The van der Waals surface area contributed by atoms with Crippen molar-refractivity contribution in [1.29, 1.82) is 0 Å². The Morgan fingerprint density at radius 3 is 3.00 bits per heavy atom. The number of halogens is 3. The Kier molecular flexibility index (Phi) is 3.61. The molecule has 0 aromatic carbocycles. The van der Waals surface area contributed by atoms with Crippen molar-refractivity contribution in [2.75, 3.05) is 11.4 Å². The minimum atomic E-state index is -2.83. The summed E-state index contributed by atoms with van der Waals surface area (Å²) in [4.78, 5) is 9.25. The van der Waals surface area contributed by atoms with Gasteiger partial charge in [-0.25, -0.2) is 9.50 Å². The van der Waals surface area contributed by atoms with E-state index in [2.05, 4.69) is 25.3 Å². The number of aromatic nitrogens is 6. The summed E-state index contributed by atoms with van der Waals surface area (Å²) in [6.45, 7) is 0.479. The molecular weight excluding hydrogens is 380 g/mol. The normalized spacial score (nSPS) is 17.0. The van der Waals surface area contributed by atoms with Crippen LogP contribution in [0.2, 0.25) is 5.02 Å². The molecule has 8 nitrogen and oxygen atoms in total. The van der Waals surface area contributed by atoms with Gasteiger partial charge in [0.05, 0.1) is 28.3 Å². The van der Waals surface area contributed by atoms with Crippen molar-refractivity contribution in [2.45, 2.75) is 18.9 Å². The Morgan fingerprint density at radius 1 is 1.33 bits per heavy atom. The zero-order valence-corrected chi connectivity index (χ0v) is 14.4. The number of alkyl halides is 2. The summed E-state index contributed by atoms with van der Waals surface area (Å²) < 4.78 is 32.6. The molecule has 5 rings (SSSR count). The monoisotopic (exact) mass is 391 g/mol. The quantitative estimate of drug-likeness (QED) is 0.577. The summed E-state index contributed by atoms with van der Waals surface area (Å²) >= 11 is 6.26. The lowest BCUT2D eigenvalue weighted by Gasteiger charge is -2.32. The van der Waals surface area contributed by atoms with E-state index in [1.165, 1.54) is 0 Å². The number of imidazole rings is 1. The molecule has 0 radical (unpaired) electrons. The fraction of sp³-hybridized carbons (Fsp3) is 0.250. The topological polar surface area (TPSA) is 88.1 Å². The molecule has 1 atom stereocenters. The maximum atomic E-state index is 12.9. The van der Waals surface area contributed by atoms with E-state index in [0.29, 0.717) is 23.7 Å². The van der Waals surface area contributed by atoms with Gasteiger partial charge < -0.3 is 14.3 Å². The summed E-state index contributed by atoms with van der Waals surface area (Å²) in [7, 11) is 0. The lowest BCUT2D eigenvalue weighted by atomic mass is 10.0. The summed E-state index contributed by atoms with van der Waals surface area (Å²) in [5.74, 6) is -0.713. The Balaban J connectivity index is 1.65. The Hall–Kier alpha value is -3.01. The summed E-state index contributed by atoms with van der Waals surface area (Å²) in [5, 5.41) is 12.4. The molecule has 0 saturated carbocycles. The molecule has 0 spiro atoms. The minimum Gasteiger partial charge on any atom is -0.402 e. The number of aromatic amines is 1. The van der Waals surface area contributed by atoms with Crippen molar-refractivity contribution in [1.82, 2.24) is 29.8 Å². The van der Waals surface area contributed by atoms with Crippen molar-refractivity contribution in [3.05, 3.63) is 58.7 Å². The number of fused-ring (bicyclic) bond motifs is 2. The van der Waals surface area contributed by atoms with Gasteiger partial charge in [-0.1, -0.05) is 16.7 Å². The lowest BCUT2D eigenvalue weighted by Crippen LogP contribution is -2.36. The molecule has 0 amide bonds. The number of hydrogen-bond acceptors (Lipinski definition) is 6. The molecule has 0 fully saturated rings. The van der Waals surface area contributed by atoms with Crippen molar-refractivity contribution >= 4 is 23.1 Å². The van der Waals surface area contributed by atoms with Gasteiger partial charge in [0.2, 0.25) is 0 Å². The van der Waals surface area contributed by atoms with Crippen LogP contribution in [0.15, 0.2) is 35.1 Å². The van der Waals surface area contributed by atoms with Gasteiger partial charge in [0.15, 0.2) is 0 Å². The molecule has 0 aliphatic carbocycles. The minimum absolute atomic E-state index is 0.00658. The molecule has 4 aromatic rings. The Morgan fingerprint density at radius 2 is 2.22 bits per heavy atom. The first-order valence-corrected chi connectivity index (χ1v) is 8.54. The third-order valence-electron chi connectivity index (χ3n) is 4.54. The second kappa shape index (κ2) is 6.02. The number of hydrogen-bond donors (Lipinski definition) is 1.